The van der Waals surface area contributed by atoms with Gasteiger partial charge in [-0.25, -0.2) is 0 Å². The molecule has 15 heavy (non-hydrogen) atoms. The van der Waals surface area contributed by atoms with Crippen LogP contribution in [0.15, 0.2) is 24.3 Å². The third kappa shape index (κ3) is 2.94. The fraction of sp³-hybridized carbons (Fsp3) is 0.455. The second-order valence-corrected chi connectivity index (χ2v) is 3.31. The third-order valence-corrected chi connectivity index (χ3v) is 2.13. The highest BCUT2D eigenvalue weighted by atomic mass is 16.5. The van der Waals surface area contributed by atoms with Gasteiger partial charge in [0.1, 0.15) is 0 Å². The lowest BCUT2D eigenvalue weighted by atomic mass is 9.88. The second-order valence-electron chi connectivity index (χ2n) is 3.31. The van der Waals surface area contributed by atoms with E-state index in [1.54, 1.807) is 12.2 Å². The van der Waals surface area contributed by atoms with Gasteiger partial charge >= 0.3 is 5.97 Å². The molecule has 0 aromatic rings. The fourth-order valence-corrected chi connectivity index (χ4v) is 1.36. The normalized spacial score (nSPS) is 23.8. The van der Waals surface area contributed by atoms with Crippen molar-refractivity contribution in [1.29, 1.82) is 0 Å². The number of rotatable bonds is 4. The largest absolute Gasteiger partial charge is 0.549 e. The van der Waals surface area contributed by atoms with Gasteiger partial charge in [0.2, 0.25) is 0 Å². The molecule has 1 rings (SSSR count). The Morgan fingerprint density at radius 1 is 1.27 bits per heavy atom. The average molecular weight is 209 g/mol. The van der Waals surface area contributed by atoms with E-state index in [0.717, 1.165) is 0 Å². The summed E-state index contributed by atoms with van der Waals surface area (Å²) in [6.45, 7) is 2.19. The maximum absolute atomic E-state index is 11.5. The Morgan fingerprint density at radius 2 is 1.87 bits per heavy atom. The maximum Gasteiger partial charge on any atom is 0.313 e. The number of carboxylic acids is 1. The topological polar surface area (TPSA) is 66.4 Å². The summed E-state index contributed by atoms with van der Waals surface area (Å²) in [4.78, 5) is 22.2. The van der Waals surface area contributed by atoms with Gasteiger partial charge in [-0.15, -0.1) is 0 Å². The van der Waals surface area contributed by atoms with Gasteiger partial charge in [-0.05, 0) is 6.42 Å². The van der Waals surface area contributed by atoms with Crippen molar-refractivity contribution in [3.05, 3.63) is 24.3 Å². The third-order valence-electron chi connectivity index (χ3n) is 2.13. The number of carbonyl (C=O) groups is 2. The van der Waals surface area contributed by atoms with Crippen LogP contribution in [0.1, 0.15) is 13.3 Å². The van der Waals surface area contributed by atoms with E-state index in [1.807, 2.05) is 6.92 Å². The number of hydrogen-bond acceptors (Lipinski definition) is 4. The van der Waals surface area contributed by atoms with Crippen LogP contribution in [0.2, 0.25) is 0 Å². The standard InChI is InChI=1S/C11H14O4/c1-2-7-15-11(14)9-6-4-3-5-8(9)10(12)13/h3-6,8-9H,2,7H2,1H3,(H,12,13)/p-1. The minimum Gasteiger partial charge on any atom is -0.549 e. The highest BCUT2D eigenvalue weighted by Crippen LogP contribution is 2.20. The van der Waals surface area contributed by atoms with Crippen molar-refractivity contribution in [3.63, 3.8) is 0 Å². The summed E-state index contributed by atoms with van der Waals surface area (Å²) < 4.78 is 4.90. The monoisotopic (exact) mass is 209 g/mol. The summed E-state index contributed by atoms with van der Waals surface area (Å²) in [6.07, 6.45) is 6.90. The van der Waals surface area contributed by atoms with Crippen LogP contribution in [0.4, 0.5) is 0 Å². The molecule has 0 fully saturated rings. The van der Waals surface area contributed by atoms with E-state index in [-0.39, 0.29) is 0 Å². The molecule has 82 valence electrons. The summed E-state index contributed by atoms with van der Waals surface area (Å²) in [6, 6.07) is 0. The molecule has 0 aliphatic heterocycles. The van der Waals surface area contributed by atoms with Crippen LogP contribution in [0.25, 0.3) is 0 Å². The molecular weight excluding hydrogens is 196 g/mol. The molecule has 1 aliphatic rings. The van der Waals surface area contributed by atoms with Crippen molar-refractivity contribution in [3.8, 4) is 0 Å². The number of allylic oxidation sites excluding steroid dienone is 2. The van der Waals surface area contributed by atoms with Gasteiger partial charge in [-0.2, -0.15) is 0 Å². The fourth-order valence-electron chi connectivity index (χ4n) is 1.36. The second kappa shape index (κ2) is 5.34. The molecular formula is C11H13O4-. The van der Waals surface area contributed by atoms with Crippen LogP contribution >= 0.6 is 0 Å². The molecule has 0 saturated carbocycles. The molecule has 1 aliphatic carbocycles. The molecule has 2 unspecified atom stereocenters. The quantitative estimate of drug-likeness (QED) is 0.613. The molecule has 4 heteroatoms. The maximum atomic E-state index is 11.5. The summed E-state index contributed by atoms with van der Waals surface area (Å²) in [5.74, 6) is -3.44. The first-order valence-corrected chi connectivity index (χ1v) is 4.89. The SMILES string of the molecule is CCCOC(=O)C1C=CC=CC1C(=O)[O-]. The van der Waals surface area contributed by atoms with Crippen LogP contribution in [0.5, 0.6) is 0 Å². The predicted octanol–water partition coefficient (Wildman–Crippen LogP) is 0.0479. The molecule has 0 aromatic carbocycles. The van der Waals surface area contributed by atoms with Crippen molar-refractivity contribution in [1.82, 2.24) is 0 Å². The highest BCUT2D eigenvalue weighted by molar-refractivity contribution is 5.83. The Balaban J connectivity index is 2.66. The van der Waals surface area contributed by atoms with Crippen LogP contribution in [-0.2, 0) is 14.3 Å². The zero-order valence-corrected chi connectivity index (χ0v) is 8.51. The summed E-state index contributed by atoms with van der Waals surface area (Å²) in [5.41, 5.74) is 0. The summed E-state index contributed by atoms with van der Waals surface area (Å²) in [7, 11) is 0. The molecule has 0 N–H and O–H groups in total. The first-order chi connectivity index (χ1) is 7.16. The zero-order valence-electron chi connectivity index (χ0n) is 8.51. The Morgan fingerprint density at radius 3 is 2.40 bits per heavy atom. The van der Waals surface area contributed by atoms with Crippen LogP contribution in [-0.4, -0.2) is 18.5 Å². The molecule has 0 amide bonds. The predicted molar refractivity (Wildman–Crippen MR) is 51.5 cm³/mol. The molecule has 0 radical (unpaired) electrons. The molecule has 0 spiro atoms. The van der Waals surface area contributed by atoms with Crippen molar-refractivity contribution in [2.45, 2.75) is 13.3 Å². The smallest absolute Gasteiger partial charge is 0.313 e. The van der Waals surface area contributed by atoms with Gasteiger partial charge in [0.05, 0.1) is 12.5 Å². The molecule has 4 nitrogen and oxygen atoms in total. The lowest BCUT2D eigenvalue weighted by molar-refractivity contribution is -0.310. The number of ether oxygens (including phenoxy) is 1. The number of esters is 1. The van der Waals surface area contributed by atoms with Gasteiger partial charge in [-0.1, -0.05) is 31.2 Å². The Hall–Kier alpha value is -1.58. The van der Waals surface area contributed by atoms with Gasteiger partial charge in [0, 0.05) is 11.9 Å². The van der Waals surface area contributed by atoms with E-state index in [0.29, 0.717) is 13.0 Å². The van der Waals surface area contributed by atoms with Crippen molar-refractivity contribution < 1.29 is 19.4 Å². The van der Waals surface area contributed by atoms with E-state index in [2.05, 4.69) is 0 Å². The van der Waals surface area contributed by atoms with Gasteiger partial charge in [0.15, 0.2) is 0 Å². The number of carbonyl (C=O) groups excluding carboxylic acids is 2. The molecule has 0 heterocycles. The highest BCUT2D eigenvalue weighted by Gasteiger charge is 2.27. The van der Waals surface area contributed by atoms with E-state index in [9.17, 15) is 14.7 Å². The number of aliphatic carboxylic acids is 1. The first-order valence-electron chi connectivity index (χ1n) is 4.89. The first kappa shape index (κ1) is 11.5. The van der Waals surface area contributed by atoms with E-state index in [4.69, 9.17) is 4.74 Å². The van der Waals surface area contributed by atoms with Gasteiger partial charge in [-0.3, -0.25) is 4.79 Å². The van der Waals surface area contributed by atoms with Crippen LogP contribution < -0.4 is 5.11 Å². The van der Waals surface area contributed by atoms with Crippen LogP contribution in [0.3, 0.4) is 0 Å². The van der Waals surface area contributed by atoms with E-state index < -0.39 is 23.8 Å². The zero-order chi connectivity index (χ0) is 11.3. The minimum atomic E-state index is -1.26. The number of hydrogen-bond donors (Lipinski definition) is 0. The minimum absolute atomic E-state index is 0.312. The van der Waals surface area contributed by atoms with Crippen LogP contribution in [0, 0.1) is 11.8 Å². The molecule has 0 bridgehead atoms. The Labute approximate surface area is 88.2 Å². The lowest BCUT2D eigenvalue weighted by Gasteiger charge is -2.23. The van der Waals surface area contributed by atoms with Crippen molar-refractivity contribution in [2.75, 3.05) is 6.61 Å². The number of carboxylic acid groups (broad SMARTS) is 1. The lowest BCUT2D eigenvalue weighted by Crippen LogP contribution is -2.38. The van der Waals surface area contributed by atoms with Crippen molar-refractivity contribution >= 4 is 11.9 Å². The summed E-state index contributed by atoms with van der Waals surface area (Å²) >= 11 is 0. The van der Waals surface area contributed by atoms with E-state index >= 15 is 0 Å². The van der Waals surface area contributed by atoms with E-state index in [1.165, 1.54) is 12.2 Å². The molecule has 2 atom stereocenters. The Kier molecular flexibility index (Phi) is 4.09. The van der Waals surface area contributed by atoms with Gasteiger partial charge < -0.3 is 14.6 Å². The molecule has 0 aromatic heterocycles. The summed E-state index contributed by atoms with van der Waals surface area (Å²) in [5, 5.41) is 10.7. The molecule has 0 saturated heterocycles. The van der Waals surface area contributed by atoms with Crippen molar-refractivity contribution in [2.24, 2.45) is 11.8 Å². The average Bonchev–Trinajstić information content (AvgIpc) is 2.25. The van der Waals surface area contributed by atoms with Gasteiger partial charge in [0.25, 0.3) is 0 Å². The Bertz CT molecular complexity index is 304.